The summed E-state index contributed by atoms with van der Waals surface area (Å²) in [4.78, 5) is 38.5. The predicted octanol–water partition coefficient (Wildman–Crippen LogP) is 0.764. The molecule has 6 nitrogen and oxygen atoms in total. The van der Waals surface area contributed by atoms with Crippen molar-refractivity contribution in [2.45, 2.75) is 44.2 Å². The van der Waals surface area contributed by atoms with E-state index < -0.39 is 5.97 Å². The van der Waals surface area contributed by atoms with Crippen LogP contribution in [0.4, 0.5) is 0 Å². The van der Waals surface area contributed by atoms with Crippen LogP contribution in [-0.2, 0) is 14.4 Å². The Hall–Kier alpha value is -1.24. The fourth-order valence-corrected chi connectivity index (χ4v) is 4.80. The first kappa shape index (κ1) is 14.7. The summed E-state index contributed by atoms with van der Waals surface area (Å²) in [7, 11) is 0. The van der Waals surface area contributed by atoms with E-state index in [1.807, 2.05) is 4.90 Å². The number of rotatable bonds is 4. The lowest BCUT2D eigenvalue weighted by Crippen LogP contribution is -2.50. The number of piperidine rings is 1. The molecule has 2 amide bonds. The second kappa shape index (κ2) is 5.87. The van der Waals surface area contributed by atoms with Crippen LogP contribution in [0.1, 0.15) is 32.1 Å². The molecule has 3 rings (SSSR count). The summed E-state index contributed by atoms with van der Waals surface area (Å²) in [6, 6.07) is 0.344. The monoisotopic (exact) mass is 312 g/mol. The van der Waals surface area contributed by atoms with E-state index in [0.29, 0.717) is 11.6 Å². The highest BCUT2D eigenvalue weighted by Gasteiger charge is 2.44. The van der Waals surface area contributed by atoms with Crippen molar-refractivity contribution >= 4 is 29.5 Å². The Morgan fingerprint density at radius 2 is 1.90 bits per heavy atom. The summed E-state index contributed by atoms with van der Waals surface area (Å²) in [6.45, 7) is 0.183. The summed E-state index contributed by atoms with van der Waals surface area (Å²) in [5, 5.41) is 8.93. The van der Waals surface area contributed by atoms with E-state index in [9.17, 15) is 14.4 Å². The first-order chi connectivity index (χ1) is 10.0. The molecule has 2 bridgehead atoms. The Morgan fingerprint density at radius 3 is 2.43 bits per heavy atom. The highest BCUT2D eigenvalue weighted by atomic mass is 32.2. The number of carbonyl (C=O) groups is 3. The lowest BCUT2D eigenvalue weighted by atomic mass is 9.88. The van der Waals surface area contributed by atoms with Crippen LogP contribution in [-0.4, -0.2) is 62.9 Å². The average Bonchev–Trinajstić information content (AvgIpc) is 2.91. The van der Waals surface area contributed by atoms with E-state index in [1.165, 1.54) is 0 Å². The van der Waals surface area contributed by atoms with Crippen LogP contribution in [0.3, 0.4) is 0 Å². The summed E-state index contributed by atoms with van der Waals surface area (Å²) in [5.41, 5.74) is 0. The zero-order chi connectivity index (χ0) is 15.0. The minimum atomic E-state index is -0.751. The van der Waals surface area contributed by atoms with Crippen molar-refractivity contribution in [3.05, 3.63) is 0 Å². The average molecular weight is 312 g/mol. The number of nitrogens with zero attached hydrogens (tertiary/aromatic N) is 2. The number of thioether (sulfide) groups is 1. The van der Waals surface area contributed by atoms with Crippen molar-refractivity contribution in [1.82, 2.24) is 9.80 Å². The van der Waals surface area contributed by atoms with Gasteiger partial charge < -0.3 is 14.9 Å². The Kier molecular flexibility index (Phi) is 4.10. The van der Waals surface area contributed by atoms with Gasteiger partial charge in [0.25, 0.3) is 0 Å². The third-order valence-corrected chi connectivity index (χ3v) is 5.68. The molecule has 0 aliphatic carbocycles. The zero-order valence-electron chi connectivity index (χ0n) is 11.9. The van der Waals surface area contributed by atoms with Gasteiger partial charge in [-0.2, -0.15) is 0 Å². The number of amides is 2. The molecule has 0 aromatic rings. The van der Waals surface area contributed by atoms with Gasteiger partial charge in [-0.1, -0.05) is 0 Å². The normalized spacial score (nSPS) is 31.8. The highest BCUT2D eigenvalue weighted by Crippen LogP contribution is 2.40. The molecule has 21 heavy (non-hydrogen) atoms. The van der Waals surface area contributed by atoms with Crippen LogP contribution in [0, 0.1) is 5.92 Å². The maximum absolute atomic E-state index is 12.5. The summed E-state index contributed by atoms with van der Waals surface area (Å²) in [5.74, 6) is 0.594. The van der Waals surface area contributed by atoms with Crippen LogP contribution in [0.25, 0.3) is 0 Å². The predicted molar refractivity (Wildman–Crippen MR) is 77.7 cm³/mol. The van der Waals surface area contributed by atoms with E-state index in [2.05, 4.69) is 0 Å². The van der Waals surface area contributed by atoms with Gasteiger partial charge in [-0.3, -0.25) is 14.4 Å². The van der Waals surface area contributed by atoms with Crippen LogP contribution in [0.5, 0.6) is 0 Å². The number of carboxylic acids is 1. The molecule has 3 heterocycles. The van der Waals surface area contributed by atoms with Gasteiger partial charge in [0.2, 0.25) is 11.8 Å². The number of aliphatic carboxylic acids is 1. The van der Waals surface area contributed by atoms with E-state index in [0.717, 1.165) is 25.7 Å². The standard InChI is InChI=1S/C14H20N2O4S/c17-12(6-15-8-21-7-13(15)18)16-10-1-2-11(16)4-9(3-10)5-14(19)20/h9-11H,1-8H2,(H,19,20). The van der Waals surface area contributed by atoms with E-state index >= 15 is 0 Å². The van der Waals surface area contributed by atoms with Crippen molar-refractivity contribution in [2.75, 3.05) is 18.2 Å². The first-order valence-electron chi connectivity index (χ1n) is 7.43. The van der Waals surface area contributed by atoms with E-state index in [1.54, 1.807) is 16.7 Å². The van der Waals surface area contributed by atoms with Gasteiger partial charge in [-0.15, -0.1) is 11.8 Å². The molecule has 2 atom stereocenters. The van der Waals surface area contributed by atoms with Crippen LogP contribution in [0.2, 0.25) is 0 Å². The minimum Gasteiger partial charge on any atom is -0.481 e. The van der Waals surface area contributed by atoms with Crippen LogP contribution >= 0.6 is 11.8 Å². The van der Waals surface area contributed by atoms with Gasteiger partial charge in [0, 0.05) is 18.5 Å². The molecule has 0 radical (unpaired) electrons. The number of carbonyl (C=O) groups excluding carboxylic acids is 2. The fraction of sp³-hybridized carbons (Fsp3) is 0.786. The summed E-state index contributed by atoms with van der Waals surface area (Å²) >= 11 is 1.54. The summed E-state index contributed by atoms with van der Waals surface area (Å²) in [6.07, 6.45) is 3.72. The van der Waals surface area contributed by atoms with Gasteiger partial charge >= 0.3 is 5.97 Å². The Bertz CT molecular complexity index is 456. The maximum atomic E-state index is 12.5. The third-order valence-electron chi connectivity index (χ3n) is 4.73. The molecule has 1 N–H and O–H groups in total. The Labute approximate surface area is 127 Å². The second-order valence-electron chi connectivity index (χ2n) is 6.19. The second-order valence-corrected chi connectivity index (χ2v) is 7.15. The quantitative estimate of drug-likeness (QED) is 0.829. The Balaban J connectivity index is 1.60. The van der Waals surface area contributed by atoms with Crippen molar-refractivity contribution in [2.24, 2.45) is 5.92 Å². The minimum absolute atomic E-state index is 0.0344. The van der Waals surface area contributed by atoms with Gasteiger partial charge in [0.05, 0.1) is 11.6 Å². The molecule has 2 unspecified atom stereocenters. The molecule has 116 valence electrons. The molecule has 3 fully saturated rings. The van der Waals surface area contributed by atoms with Crippen molar-refractivity contribution in [3.63, 3.8) is 0 Å². The zero-order valence-corrected chi connectivity index (χ0v) is 12.7. The molecule has 0 saturated carbocycles. The van der Waals surface area contributed by atoms with Gasteiger partial charge in [0.1, 0.15) is 6.54 Å². The lowest BCUT2D eigenvalue weighted by Gasteiger charge is -2.39. The third kappa shape index (κ3) is 3.02. The smallest absolute Gasteiger partial charge is 0.303 e. The van der Waals surface area contributed by atoms with Gasteiger partial charge in [0.15, 0.2) is 0 Å². The van der Waals surface area contributed by atoms with Crippen molar-refractivity contribution < 1.29 is 19.5 Å². The van der Waals surface area contributed by atoms with Gasteiger partial charge in [-0.05, 0) is 31.6 Å². The molecule has 3 aliphatic rings. The number of carboxylic acid groups (broad SMARTS) is 1. The van der Waals surface area contributed by atoms with Gasteiger partial charge in [-0.25, -0.2) is 0 Å². The molecule has 0 spiro atoms. The molecule has 0 aromatic carbocycles. The first-order valence-corrected chi connectivity index (χ1v) is 8.58. The van der Waals surface area contributed by atoms with Crippen molar-refractivity contribution in [1.29, 1.82) is 0 Å². The highest BCUT2D eigenvalue weighted by molar-refractivity contribution is 8.00. The molecule has 7 heteroatoms. The molecular weight excluding hydrogens is 292 g/mol. The topological polar surface area (TPSA) is 77.9 Å². The number of fused-ring (bicyclic) bond motifs is 2. The lowest BCUT2D eigenvalue weighted by molar-refractivity contribution is -0.143. The largest absolute Gasteiger partial charge is 0.481 e. The molecule has 3 aliphatic heterocycles. The SMILES string of the molecule is O=C(O)CC1CC2CCC(C1)N2C(=O)CN1CSCC1=O. The van der Waals surface area contributed by atoms with E-state index in [4.69, 9.17) is 5.11 Å². The van der Waals surface area contributed by atoms with E-state index in [-0.39, 0.29) is 42.8 Å². The number of hydrogen-bond donors (Lipinski definition) is 1. The Morgan fingerprint density at radius 1 is 1.24 bits per heavy atom. The molecular formula is C14H20N2O4S. The maximum Gasteiger partial charge on any atom is 0.303 e. The van der Waals surface area contributed by atoms with Crippen LogP contribution in [0.15, 0.2) is 0 Å². The fourth-order valence-electron chi connectivity index (χ4n) is 3.90. The van der Waals surface area contributed by atoms with Crippen LogP contribution < -0.4 is 0 Å². The molecule has 0 aromatic heterocycles. The molecule has 3 saturated heterocycles. The van der Waals surface area contributed by atoms with Crippen molar-refractivity contribution in [3.8, 4) is 0 Å². The number of hydrogen-bond acceptors (Lipinski definition) is 4. The summed E-state index contributed by atoms with van der Waals surface area (Å²) < 4.78 is 0.